The number of aryl methyl sites for hydroxylation is 2. The summed E-state index contributed by atoms with van der Waals surface area (Å²) < 4.78 is 5.76. The highest BCUT2D eigenvalue weighted by Gasteiger charge is 2.22. The molecule has 1 aliphatic rings. The van der Waals surface area contributed by atoms with E-state index in [1.54, 1.807) is 0 Å². The molecular formula is C18H22N2O. The van der Waals surface area contributed by atoms with Crippen molar-refractivity contribution in [3.63, 3.8) is 0 Å². The quantitative estimate of drug-likeness (QED) is 0.909. The number of nitrogens with zero attached hydrogens (tertiary/aromatic N) is 1. The van der Waals surface area contributed by atoms with E-state index in [1.807, 2.05) is 19.2 Å². The summed E-state index contributed by atoms with van der Waals surface area (Å²) in [5.74, 6) is 0.931. The van der Waals surface area contributed by atoms with Crippen LogP contribution in [0.15, 0.2) is 36.5 Å². The average Bonchev–Trinajstić information content (AvgIpc) is 2.50. The SMILES string of the molecule is CCOc1cc(C)ccc1NC1CCCc2cccnc21. The zero-order valence-corrected chi connectivity index (χ0v) is 12.7. The topological polar surface area (TPSA) is 34.1 Å². The molecule has 3 nitrogen and oxygen atoms in total. The van der Waals surface area contributed by atoms with Gasteiger partial charge in [0.1, 0.15) is 5.75 Å². The lowest BCUT2D eigenvalue weighted by atomic mass is 9.91. The Bertz CT molecular complexity index is 624. The standard InChI is InChI=1S/C18H22N2O/c1-3-21-17-12-13(2)9-10-15(17)20-16-8-4-6-14-7-5-11-19-18(14)16/h5,7,9-12,16,20H,3-4,6,8H2,1-2H3. The summed E-state index contributed by atoms with van der Waals surface area (Å²) in [6, 6.07) is 10.8. The molecule has 0 amide bonds. The van der Waals surface area contributed by atoms with E-state index in [1.165, 1.54) is 23.2 Å². The molecule has 1 atom stereocenters. The molecule has 1 N–H and O–H groups in total. The molecule has 0 fully saturated rings. The highest BCUT2D eigenvalue weighted by molar-refractivity contribution is 5.59. The Kier molecular flexibility index (Phi) is 4.09. The van der Waals surface area contributed by atoms with Crippen molar-refractivity contribution in [2.45, 2.75) is 39.2 Å². The summed E-state index contributed by atoms with van der Waals surface area (Å²) >= 11 is 0. The summed E-state index contributed by atoms with van der Waals surface area (Å²) in [4.78, 5) is 4.59. The number of benzene rings is 1. The van der Waals surface area contributed by atoms with Crippen molar-refractivity contribution in [3.8, 4) is 5.75 Å². The van der Waals surface area contributed by atoms with Crippen molar-refractivity contribution in [1.29, 1.82) is 0 Å². The third-order valence-corrected chi connectivity index (χ3v) is 3.96. The van der Waals surface area contributed by atoms with Crippen molar-refractivity contribution < 1.29 is 4.74 Å². The molecule has 0 spiro atoms. The summed E-state index contributed by atoms with van der Waals surface area (Å²) in [6.45, 7) is 4.78. The Labute approximate surface area is 126 Å². The van der Waals surface area contributed by atoms with Gasteiger partial charge in [-0.3, -0.25) is 4.98 Å². The molecule has 3 heteroatoms. The first-order valence-electron chi connectivity index (χ1n) is 7.71. The van der Waals surface area contributed by atoms with Crippen molar-refractivity contribution >= 4 is 5.69 Å². The fraction of sp³-hybridized carbons (Fsp3) is 0.389. The van der Waals surface area contributed by atoms with Crippen LogP contribution in [-0.2, 0) is 6.42 Å². The van der Waals surface area contributed by atoms with Gasteiger partial charge >= 0.3 is 0 Å². The van der Waals surface area contributed by atoms with Gasteiger partial charge in [-0.15, -0.1) is 0 Å². The zero-order chi connectivity index (χ0) is 14.7. The van der Waals surface area contributed by atoms with E-state index >= 15 is 0 Å². The van der Waals surface area contributed by atoms with E-state index in [0.717, 1.165) is 24.3 Å². The second kappa shape index (κ2) is 6.17. The van der Waals surface area contributed by atoms with E-state index < -0.39 is 0 Å². The van der Waals surface area contributed by atoms with Crippen molar-refractivity contribution in [3.05, 3.63) is 53.3 Å². The first kappa shape index (κ1) is 13.9. The number of ether oxygens (including phenoxy) is 1. The maximum Gasteiger partial charge on any atom is 0.142 e. The normalized spacial score (nSPS) is 17.1. The number of fused-ring (bicyclic) bond motifs is 1. The number of pyridine rings is 1. The van der Waals surface area contributed by atoms with Gasteiger partial charge in [-0.2, -0.15) is 0 Å². The van der Waals surface area contributed by atoms with Crippen LogP contribution in [0.1, 0.15) is 42.6 Å². The van der Waals surface area contributed by atoms with Crippen LogP contribution in [0.5, 0.6) is 5.75 Å². The Morgan fingerprint density at radius 3 is 3.10 bits per heavy atom. The van der Waals surface area contributed by atoms with E-state index in [9.17, 15) is 0 Å². The van der Waals surface area contributed by atoms with Gasteiger partial charge in [0.2, 0.25) is 0 Å². The minimum atomic E-state index is 0.275. The lowest BCUT2D eigenvalue weighted by Crippen LogP contribution is -2.19. The average molecular weight is 282 g/mol. The smallest absolute Gasteiger partial charge is 0.142 e. The third-order valence-electron chi connectivity index (χ3n) is 3.96. The molecule has 1 aromatic carbocycles. The van der Waals surface area contributed by atoms with Gasteiger partial charge in [-0.1, -0.05) is 12.1 Å². The molecule has 0 bridgehead atoms. The second-order valence-corrected chi connectivity index (χ2v) is 5.57. The Morgan fingerprint density at radius 2 is 2.24 bits per heavy atom. The van der Waals surface area contributed by atoms with Gasteiger partial charge in [-0.05, 0) is 62.4 Å². The first-order valence-corrected chi connectivity index (χ1v) is 7.71. The maximum absolute atomic E-state index is 5.76. The molecule has 0 radical (unpaired) electrons. The summed E-state index contributed by atoms with van der Waals surface area (Å²) in [6.07, 6.45) is 5.33. The molecule has 21 heavy (non-hydrogen) atoms. The molecule has 0 aliphatic heterocycles. The van der Waals surface area contributed by atoms with Crippen LogP contribution in [0.3, 0.4) is 0 Å². The lowest BCUT2D eigenvalue weighted by Gasteiger charge is -2.27. The first-order chi connectivity index (χ1) is 10.3. The van der Waals surface area contributed by atoms with Crippen LogP contribution in [-0.4, -0.2) is 11.6 Å². The number of anilines is 1. The van der Waals surface area contributed by atoms with E-state index in [4.69, 9.17) is 4.74 Å². The van der Waals surface area contributed by atoms with Crippen LogP contribution >= 0.6 is 0 Å². The van der Waals surface area contributed by atoms with E-state index in [0.29, 0.717) is 6.61 Å². The fourth-order valence-electron chi connectivity index (χ4n) is 2.96. The molecule has 1 unspecified atom stereocenters. The van der Waals surface area contributed by atoms with Gasteiger partial charge in [0, 0.05) is 6.20 Å². The van der Waals surface area contributed by atoms with Crippen molar-refractivity contribution in [2.75, 3.05) is 11.9 Å². The van der Waals surface area contributed by atoms with Crippen LogP contribution in [0.4, 0.5) is 5.69 Å². The number of aromatic nitrogens is 1. The number of nitrogens with one attached hydrogen (secondary N) is 1. The van der Waals surface area contributed by atoms with E-state index in [-0.39, 0.29) is 6.04 Å². The summed E-state index contributed by atoms with van der Waals surface area (Å²) in [7, 11) is 0. The molecule has 0 saturated carbocycles. The predicted octanol–water partition coefficient (Wildman–Crippen LogP) is 4.28. The van der Waals surface area contributed by atoms with Crippen LogP contribution in [0.2, 0.25) is 0 Å². The van der Waals surface area contributed by atoms with Crippen molar-refractivity contribution in [2.24, 2.45) is 0 Å². The minimum Gasteiger partial charge on any atom is -0.492 e. The number of rotatable bonds is 4. The van der Waals surface area contributed by atoms with Gasteiger partial charge in [0.05, 0.1) is 24.0 Å². The molecule has 1 aliphatic carbocycles. The highest BCUT2D eigenvalue weighted by Crippen LogP contribution is 2.34. The number of hydrogen-bond donors (Lipinski definition) is 1. The molecular weight excluding hydrogens is 260 g/mol. The maximum atomic E-state index is 5.76. The molecule has 1 heterocycles. The highest BCUT2D eigenvalue weighted by atomic mass is 16.5. The van der Waals surface area contributed by atoms with Gasteiger partial charge < -0.3 is 10.1 Å². The largest absolute Gasteiger partial charge is 0.492 e. The predicted molar refractivity (Wildman–Crippen MR) is 85.9 cm³/mol. The molecule has 3 rings (SSSR count). The van der Waals surface area contributed by atoms with Crippen LogP contribution in [0, 0.1) is 6.92 Å². The number of hydrogen-bond acceptors (Lipinski definition) is 3. The van der Waals surface area contributed by atoms with E-state index in [2.05, 4.69) is 41.5 Å². The zero-order valence-electron chi connectivity index (χ0n) is 12.7. The molecule has 110 valence electrons. The van der Waals surface area contributed by atoms with Crippen LogP contribution < -0.4 is 10.1 Å². The van der Waals surface area contributed by atoms with Gasteiger partial charge in [0.15, 0.2) is 0 Å². The van der Waals surface area contributed by atoms with Crippen LogP contribution in [0.25, 0.3) is 0 Å². The van der Waals surface area contributed by atoms with Gasteiger partial charge in [-0.25, -0.2) is 0 Å². The lowest BCUT2D eigenvalue weighted by molar-refractivity contribution is 0.341. The second-order valence-electron chi connectivity index (χ2n) is 5.57. The van der Waals surface area contributed by atoms with Gasteiger partial charge in [0.25, 0.3) is 0 Å². The Morgan fingerprint density at radius 1 is 1.33 bits per heavy atom. The summed E-state index contributed by atoms with van der Waals surface area (Å²) in [5.41, 5.74) is 4.83. The minimum absolute atomic E-state index is 0.275. The molecule has 1 aromatic heterocycles. The molecule has 0 saturated heterocycles. The Balaban J connectivity index is 1.88. The fourth-order valence-corrected chi connectivity index (χ4v) is 2.96. The monoisotopic (exact) mass is 282 g/mol. The molecule has 2 aromatic rings. The summed E-state index contributed by atoms with van der Waals surface area (Å²) in [5, 5.41) is 3.63. The Hall–Kier alpha value is -2.03. The van der Waals surface area contributed by atoms with Crippen molar-refractivity contribution in [1.82, 2.24) is 4.98 Å². The third kappa shape index (κ3) is 3.02.